The van der Waals surface area contributed by atoms with E-state index in [1.807, 2.05) is 0 Å². The van der Waals surface area contributed by atoms with Crippen molar-refractivity contribution in [2.24, 2.45) is 0 Å². The van der Waals surface area contributed by atoms with E-state index in [-0.39, 0.29) is 22.1 Å². The molecule has 1 aliphatic rings. The smallest absolute Gasteiger partial charge is 0.301 e. The number of ketones is 1. The number of carbonyl (C=O) groups is 1. The summed E-state index contributed by atoms with van der Waals surface area (Å²) in [5, 5.41) is -0.0296. The summed E-state index contributed by atoms with van der Waals surface area (Å²) in [6, 6.07) is 0.833. The number of aromatic nitrogens is 2. The van der Waals surface area contributed by atoms with E-state index < -0.39 is 11.7 Å². The lowest BCUT2D eigenvalue weighted by Crippen LogP contribution is -2.11. The second kappa shape index (κ2) is 3.96. The fourth-order valence-electron chi connectivity index (χ4n) is 2.36. The van der Waals surface area contributed by atoms with Gasteiger partial charge in [-0.15, -0.1) is 0 Å². The molecule has 0 aliphatic heterocycles. The fraction of sp³-hybridized carbons (Fsp3) is 0.333. The van der Waals surface area contributed by atoms with E-state index in [4.69, 9.17) is 11.6 Å². The van der Waals surface area contributed by atoms with Crippen molar-refractivity contribution in [3.8, 4) is 0 Å². The Hall–Kier alpha value is -1.56. The molecule has 0 aromatic carbocycles. The molecule has 0 spiro atoms. The quantitative estimate of drug-likeness (QED) is 0.743. The number of imidazole rings is 1. The Morgan fingerprint density at radius 1 is 1.32 bits per heavy atom. The number of nitrogens with zero attached hydrogens (tertiary/aromatic N) is 2. The maximum Gasteiger partial charge on any atom is 0.420 e. The Morgan fingerprint density at radius 3 is 2.74 bits per heavy atom. The van der Waals surface area contributed by atoms with Gasteiger partial charge < -0.3 is 4.40 Å². The van der Waals surface area contributed by atoms with E-state index in [1.54, 1.807) is 0 Å². The van der Waals surface area contributed by atoms with Crippen molar-refractivity contribution in [1.82, 2.24) is 9.38 Å². The van der Waals surface area contributed by atoms with Crippen molar-refractivity contribution in [3.63, 3.8) is 0 Å². The fourth-order valence-corrected chi connectivity index (χ4v) is 2.57. The highest BCUT2D eigenvalue weighted by atomic mass is 35.5. The van der Waals surface area contributed by atoms with Crippen LogP contribution in [0.3, 0.4) is 0 Å². The maximum absolute atomic E-state index is 13.0. The zero-order valence-electron chi connectivity index (χ0n) is 9.59. The van der Waals surface area contributed by atoms with Gasteiger partial charge in [-0.05, 0) is 18.9 Å². The van der Waals surface area contributed by atoms with Crippen molar-refractivity contribution in [2.45, 2.75) is 25.4 Å². The summed E-state index contributed by atoms with van der Waals surface area (Å²) >= 11 is 5.73. The van der Waals surface area contributed by atoms with E-state index in [2.05, 4.69) is 4.98 Å². The van der Waals surface area contributed by atoms with Crippen molar-refractivity contribution >= 4 is 23.0 Å². The molecule has 0 amide bonds. The average Bonchev–Trinajstić information content (AvgIpc) is 2.67. The second-order valence-corrected chi connectivity index (χ2v) is 4.88. The standard InChI is InChI=1S/C12H8ClF3N2O/c13-6-4-7(12(14,15)16)11-17-10-8(18(11)5-6)2-1-3-9(10)19/h4-5H,1-3H2. The summed E-state index contributed by atoms with van der Waals surface area (Å²) in [5.41, 5.74) is -0.516. The number of rotatable bonds is 0. The van der Waals surface area contributed by atoms with Gasteiger partial charge in [-0.25, -0.2) is 4.98 Å². The van der Waals surface area contributed by atoms with Gasteiger partial charge in [0, 0.05) is 12.6 Å². The van der Waals surface area contributed by atoms with Crippen LogP contribution in [0.4, 0.5) is 13.2 Å². The molecule has 0 saturated heterocycles. The van der Waals surface area contributed by atoms with Crippen LogP contribution in [0.25, 0.3) is 5.65 Å². The summed E-state index contributed by atoms with van der Waals surface area (Å²) < 4.78 is 40.2. The first-order valence-electron chi connectivity index (χ1n) is 5.69. The minimum Gasteiger partial charge on any atom is -0.301 e. The van der Waals surface area contributed by atoms with Crippen LogP contribution in [0.2, 0.25) is 5.02 Å². The molecule has 0 radical (unpaired) electrons. The molecule has 100 valence electrons. The van der Waals surface area contributed by atoms with E-state index >= 15 is 0 Å². The summed E-state index contributed by atoms with van der Waals surface area (Å²) in [7, 11) is 0. The van der Waals surface area contributed by atoms with Crippen LogP contribution in [-0.2, 0) is 12.6 Å². The van der Waals surface area contributed by atoms with Gasteiger partial charge in [0.1, 0.15) is 16.9 Å². The largest absolute Gasteiger partial charge is 0.420 e. The molecule has 2 aromatic rings. The van der Waals surface area contributed by atoms with Gasteiger partial charge in [0.05, 0.1) is 10.7 Å². The Balaban J connectivity index is 2.38. The number of Topliss-reactive ketones (excluding diaryl/α,β-unsaturated/α-hetero) is 1. The SMILES string of the molecule is O=C1CCCc2c1nc1c(C(F)(F)F)cc(Cl)cn21. The van der Waals surface area contributed by atoms with Gasteiger partial charge in [-0.3, -0.25) is 4.79 Å². The molecule has 3 rings (SSSR count). The Labute approximate surface area is 111 Å². The Bertz CT molecular complexity index is 690. The molecule has 3 nitrogen and oxygen atoms in total. The van der Waals surface area contributed by atoms with Crippen LogP contribution in [-0.4, -0.2) is 15.2 Å². The van der Waals surface area contributed by atoms with Crippen LogP contribution >= 0.6 is 11.6 Å². The molecule has 2 aromatic heterocycles. The molecule has 0 atom stereocenters. The van der Waals surface area contributed by atoms with Gasteiger partial charge in [-0.2, -0.15) is 13.2 Å². The van der Waals surface area contributed by atoms with Crippen LogP contribution in [0.15, 0.2) is 12.3 Å². The molecule has 0 saturated carbocycles. The molecule has 2 heterocycles. The summed E-state index contributed by atoms with van der Waals surface area (Å²) in [6.07, 6.45) is -1.71. The van der Waals surface area contributed by atoms with Crippen molar-refractivity contribution in [3.05, 3.63) is 34.2 Å². The third kappa shape index (κ3) is 1.90. The van der Waals surface area contributed by atoms with E-state index in [0.29, 0.717) is 25.0 Å². The molecular formula is C12H8ClF3N2O. The highest BCUT2D eigenvalue weighted by Gasteiger charge is 2.36. The van der Waals surface area contributed by atoms with Gasteiger partial charge in [0.2, 0.25) is 0 Å². The van der Waals surface area contributed by atoms with Gasteiger partial charge in [-0.1, -0.05) is 11.6 Å². The summed E-state index contributed by atoms with van der Waals surface area (Å²) in [6.45, 7) is 0. The van der Waals surface area contributed by atoms with E-state index in [1.165, 1.54) is 10.6 Å². The third-order valence-corrected chi connectivity index (χ3v) is 3.38. The summed E-state index contributed by atoms with van der Waals surface area (Å²) in [4.78, 5) is 15.6. The lowest BCUT2D eigenvalue weighted by atomic mass is 10.00. The summed E-state index contributed by atoms with van der Waals surface area (Å²) in [5.74, 6) is -0.214. The number of halogens is 4. The average molecular weight is 289 g/mol. The normalized spacial score (nSPS) is 15.9. The topological polar surface area (TPSA) is 34.4 Å². The van der Waals surface area contributed by atoms with Crippen LogP contribution in [0.1, 0.15) is 34.6 Å². The van der Waals surface area contributed by atoms with Crippen molar-refractivity contribution in [1.29, 1.82) is 0 Å². The molecule has 7 heteroatoms. The minimum absolute atomic E-state index is 0.0296. The van der Waals surface area contributed by atoms with Crippen molar-refractivity contribution < 1.29 is 18.0 Å². The highest BCUT2D eigenvalue weighted by molar-refractivity contribution is 6.30. The number of fused-ring (bicyclic) bond motifs is 3. The Kier molecular flexibility index (Phi) is 2.60. The van der Waals surface area contributed by atoms with E-state index in [0.717, 1.165) is 6.07 Å². The molecule has 19 heavy (non-hydrogen) atoms. The van der Waals surface area contributed by atoms with Crippen molar-refractivity contribution in [2.75, 3.05) is 0 Å². The highest BCUT2D eigenvalue weighted by Crippen LogP contribution is 2.35. The zero-order chi connectivity index (χ0) is 13.8. The number of pyridine rings is 1. The maximum atomic E-state index is 13.0. The predicted octanol–water partition coefficient (Wildman–Crippen LogP) is 3.53. The Morgan fingerprint density at radius 2 is 2.05 bits per heavy atom. The molecule has 0 bridgehead atoms. The zero-order valence-corrected chi connectivity index (χ0v) is 10.3. The molecule has 0 N–H and O–H groups in total. The monoisotopic (exact) mass is 288 g/mol. The molecule has 0 unspecified atom stereocenters. The second-order valence-electron chi connectivity index (χ2n) is 4.45. The number of carbonyl (C=O) groups excluding carboxylic acids is 1. The first-order chi connectivity index (χ1) is 8.88. The first kappa shape index (κ1) is 12.5. The number of alkyl halides is 3. The first-order valence-corrected chi connectivity index (χ1v) is 6.06. The number of aryl methyl sites for hydroxylation is 1. The van der Waals surface area contributed by atoms with Gasteiger partial charge in [0.25, 0.3) is 0 Å². The lowest BCUT2D eigenvalue weighted by Gasteiger charge is -2.11. The lowest BCUT2D eigenvalue weighted by molar-refractivity contribution is -0.136. The van der Waals surface area contributed by atoms with Crippen LogP contribution in [0.5, 0.6) is 0 Å². The molecular weight excluding hydrogens is 281 g/mol. The third-order valence-electron chi connectivity index (χ3n) is 3.17. The predicted molar refractivity (Wildman–Crippen MR) is 62.5 cm³/mol. The van der Waals surface area contributed by atoms with Gasteiger partial charge >= 0.3 is 6.18 Å². The van der Waals surface area contributed by atoms with Crippen LogP contribution in [0, 0.1) is 0 Å². The molecule has 1 aliphatic carbocycles. The van der Waals surface area contributed by atoms with E-state index in [9.17, 15) is 18.0 Å². The molecule has 0 fully saturated rings. The number of hydrogen-bond acceptors (Lipinski definition) is 2. The number of hydrogen-bond donors (Lipinski definition) is 0. The van der Waals surface area contributed by atoms with Crippen LogP contribution < -0.4 is 0 Å². The minimum atomic E-state index is -4.55. The van der Waals surface area contributed by atoms with Gasteiger partial charge in [0.15, 0.2) is 5.78 Å².